The van der Waals surface area contributed by atoms with E-state index in [-0.39, 0.29) is 11.8 Å². The van der Waals surface area contributed by atoms with Gasteiger partial charge in [-0.3, -0.25) is 10.4 Å². The van der Waals surface area contributed by atoms with Crippen LogP contribution in [-0.2, 0) is 0 Å². The van der Waals surface area contributed by atoms with Crippen LogP contribution in [0.4, 0.5) is 5.69 Å². The molecule has 0 saturated heterocycles. The second-order valence-electron chi connectivity index (χ2n) is 5.31. The Kier molecular flexibility index (Phi) is 6.08. The molecule has 128 valence electrons. The molecule has 0 atom stereocenters. The van der Waals surface area contributed by atoms with Gasteiger partial charge in [0, 0.05) is 16.1 Å². The number of amidine groups is 1. The molecule has 1 aliphatic rings. The molecule has 7 heteroatoms. The molecule has 0 bridgehead atoms. The molecule has 0 unspecified atom stereocenters. The lowest BCUT2D eigenvalue weighted by molar-refractivity contribution is 0.987. The molecule has 1 heterocycles. The van der Waals surface area contributed by atoms with Crippen molar-refractivity contribution in [2.45, 2.75) is 0 Å². The Hall–Kier alpha value is -1.88. The van der Waals surface area contributed by atoms with Gasteiger partial charge in [-0.15, -0.1) is 23.2 Å². The zero-order valence-electron chi connectivity index (χ0n) is 13.2. The fourth-order valence-electron chi connectivity index (χ4n) is 2.36. The van der Waals surface area contributed by atoms with Gasteiger partial charge in [0.2, 0.25) is 0 Å². The molecule has 2 aromatic rings. The van der Waals surface area contributed by atoms with Gasteiger partial charge in [-0.05, 0) is 18.2 Å². The van der Waals surface area contributed by atoms with Crippen LogP contribution in [0, 0.1) is 0 Å². The number of rotatable bonds is 4. The summed E-state index contributed by atoms with van der Waals surface area (Å²) < 4.78 is 0. The van der Waals surface area contributed by atoms with Crippen molar-refractivity contribution in [2.75, 3.05) is 18.3 Å². The molecule has 4 nitrogen and oxygen atoms in total. The zero-order chi connectivity index (χ0) is 17.6. The highest BCUT2D eigenvalue weighted by Crippen LogP contribution is 2.28. The molecule has 0 spiro atoms. The van der Waals surface area contributed by atoms with Gasteiger partial charge in [-0.2, -0.15) is 5.10 Å². The summed E-state index contributed by atoms with van der Waals surface area (Å²) in [6.45, 7) is 0.359. The Morgan fingerprint density at radius 3 is 2.56 bits per heavy atom. The van der Waals surface area contributed by atoms with Crippen molar-refractivity contribution in [3.05, 3.63) is 64.7 Å². The standard InChI is InChI=1S/C18H15Cl3N4/c19-9-14(10-20)24-25-17-11-22-18(12-4-2-1-3-5-12)15-8-13(21)6-7-16(15)23-17/h1-8H,9-11H2,(H,23,25). The largest absolute Gasteiger partial charge is 0.276 e. The molecule has 3 rings (SSSR count). The van der Waals surface area contributed by atoms with E-state index < -0.39 is 0 Å². The monoisotopic (exact) mass is 392 g/mol. The molecule has 0 fully saturated rings. The van der Waals surface area contributed by atoms with Gasteiger partial charge >= 0.3 is 0 Å². The molecule has 2 aromatic carbocycles. The normalized spacial score (nSPS) is 13.2. The zero-order valence-corrected chi connectivity index (χ0v) is 15.5. The molecular weight excluding hydrogens is 379 g/mol. The van der Waals surface area contributed by atoms with Crippen LogP contribution in [0.5, 0.6) is 0 Å². The number of hydrogen-bond donors (Lipinski definition) is 1. The van der Waals surface area contributed by atoms with Gasteiger partial charge < -0.3 is 0 Å². The number of nitrogens with one attached hydrogen (secondary N) is 1. The second kappa shape index (κ2) is 8.48. The minimum atomic E-state index is 0.258. The molecule has 1 aliphatic heterocycles. The van der Waals surface area contributed by atoms with Gasteiger partial charge in [0.25, 0.3) is 0 Å². The highest BCUT2D eigenvalue weighted by Gasteiger charge is 2.16. The van der Waals surface area contributed by atoms with E-state index in [4.69, 9.17) is 39.8 Å². The third kappa shape index (κ3) is 4.40. The van der Waals surface area contributed by atoms with E-state index in [1.165, 1.54) is 0 Å². The minimum absolute atomic E-state index is 0.258. The van der Waals surface area contributed by atoms with Crippen molar-refractivity contribution < 1.29 is 0 Å². The van der Waals surface area contributed by atoms with Crippen molar-refractivity contribution in [1.82, 2.24) is 5.43 Å². The summed E-state index contributed by atoms with van der Waals surface area (Å²) in [4.78, 5) is 9.35. The Morgan fingerprint density at radius 2 is 1.84 bits per heavy atom. The smallest absolute Gasteiger partial charge is 0.144 e. The fourth-order valence-corrected chi connectivity index (χ4v) is 2.93. The van der Waals surface area contributed by atoms with Crippen LogP contribution in [0.2, 0.25) is 5.02 Å². The summed E-state index contributed by atoms with van der Waals surface area (Å²) >= 11 is 17.8. The van der Waals surface area contributed by atoms with E-state index in [2.05, 4.69) is 15.5 Å². The summed E-state index contributed by atoms with van der Waals surface area (Å²) in [5, 5.41) is 4.83. The van der Waals surface area contributed by atoms with E-state index in [9.17, 15) is 0 Å². The van der Waals surface area contributed by atoms with Crippen LogP contribution in [0.3, 0.4) is 0 Å². The first-order valence-electron chi connectivity index (χ1n) is 7.62. The molecular formula is C18H15Cl3N4. The summed E-state index contributed by atoms with van der Waals surface area (Å²) in [6, 6.07) is 15.5. The SMILES string of the molecule is ClCC(CCl)=NNC1=Nc2ccc(Cl)cc2C(c2ccccc2)=NC1. The Morgan fingerprint density at radius 1 is 1.08 bits per heavy atom. The average Bonchev–Trinajstić information content (AvgIpc) is 2.82. The van der Waals surface area contributed by atoms with E-state index in [1.807, 2.05) is 48.5 Å². The number of benzene rings is 2. The van der Waals surface area contributed by atoms with Crippen LogP contribution in [0.15, 0.2) is 63.6 Å². The van der Waals surface area contributed by atoms with Crippen molar-refractivity contribution in [3.63, 3.8) is 0 Å². The Labute approximate surface area is 161 Å². The Balaban J connectivity index is 2.01. The maximum absolute atomic E-state index is 6.19. The third-order valence-corrected chi connectivity index (χ3v) is 4.41. The maximum Gasteiger partial charge on any atom is 0.144 e. The Bertz CT molecular complexity index is 839. The van der Waals surface area contributed by atoms with Crippen molar-refractivity contribution >= 4 is 57.7 Å². The van der Waals surface area contributed by atoms with Crippen molar-refractivity contribution in [3.8, 4) is 0 Å². The second-order valence-corrected chi connectivity index (χ2v) is 6.28. The van der Waals surface area contributed by atoms with Crippen LogP contribution < -0.4 is 5.43 Å². The van der Waals surface area contributed by atoms with E-state index >= 15 is 0 Å². The average molecular weight is 394 g/mol. The number of aliphatic imine (C=N–C) groups is 2. The molecule has 0 saturated carbocycles. The maximum atomic E-state index is 6.19. The van der Waals surface area contributed by atoms with E-state index in [1.54, 1.807) is 0 Å². The van der Waals surface area contributed by atoms with E-state index in [0.29, 0.717) is 23.1 Å². The molecule has 25 heavy (non-hydrogen) atoms. The fraction of sp³-hybridized carbons (Fsp3) is 0.167. The predicted molar refractivity (Wildman–Crippen MR) is 108 cm³/mol. The van der Waals surface area contributed by atoms with Crippen LogP contribution in [0.25, 0.3) is 0 Å². The van der Waals surface area contributed by atoms with Crippen molar-refractivity contribution in [2.24, 2.45) is 15.1 Å². The lowest BCUT2D eigenvalue weighted by Crippen LogP contribution is -2.23. The quantitative estimate of drug-likeness (QED) is 0.459. The van der Waals surface area contributed by atoms with Gasteiger partial charge in [0.1, 0.15) is 5.84 Å². The van der Waals surface area contributed by atoms with Gasteiger partial charge in [-0.1, -0.05) is 41.9 Å². The van der Waals surface area contributed by atoms with Crippen LogP contribution in [0.1, 0.15) is 11.1 Å². The number of halogens is 3. The van der Waals surface area contributed by atoms with Crippen molar-refractivity contribution in [1.29, 1.82) is 0 Å². The summed E-state index contributed by atoms with van der Waals surface area (Å²) in [7, 11) is 0. The molecule has 0 aromatic heterocycles. The van der Waals surface area contributed by atoms with Gasteiger partial charge in [0.05, 0.1) is 35.4 Å². The number of fused-ring (bicyclic) bond motifs is 1. The molecule has 0 aliphatic carbocycles. The predicted octanol–water partition coefficient (Wildman–Crippen LogP) is 4.64. The van der Waals surface area contributed by atoms with E-state index in [0.717, 1.165) is 22.5 Å². The topological polar surface area (TPSA) is 49.1 Å². The summed E-state index contributed by atoms with van der Waals surface area (Å²) in [6.07, 6.45) is 0. The molecule has 0 radical (unpaired) electrons. The van der Waals surface area contributed by atoms with Gasteiger partial charge in [0.15, 0.2) is 0 Å². The molecule has 1 N–H and O–H groups in total. The highest BCUT2D eigenvalue weighted by molar-refractivity contribution is 6.37. The lowest BCUT2D eigenvalue weighted by atomic mass is 10.0. The number of hydrazone groups is 1. The first kappa shape index (κ1) is 17.9. The number of alkyl halides is 2. The van der Waals surface area contributed by atoms with Crippen LogP contribution in [-0.4, -0.2) is 35.6 Å². The first-order chi connectivity index (χ1) is 12.2. The minimum Gasteiger partial charge on any atom is -0.276 e. The number of nitrogens with zero attached hydrogens (tertiary/aromatic N) is 3. The number of hydrogen-bond acceptors (Lipinski definition) is 4. The first-order valence-corrected chi connectivity index (χ1v) is 9.06. The molecule has 0 amide bonds. The lowest BCUT2D eigenvalue weighted by Gasteiger charge is -2.08. The summed E-state index contributed by atoms with van der Waals surface area (Å²) in [5.74, 6) is 1.13. The third-order valence-electron chi connectivity index (χ3n) is 3.55. The van der Waals surface area contributed by atoms with Crippen LogP contribution >= 0.6 is 34.8 Å². The highest BCUT2D eigenvalue weighted by atomic mass is 35.5. The summed E-state index contributed by atoms with van der Waals surface area (Å²) in [5.41, 5.74) is 7.07. The van der Waals surface area contributed by atoms with Gasteiger partial charge in [-0.25, -0.2) is 4.99 Å².